The summed E-state index contributed by atoms with van der Waals surface area (Å²) in [6.45, 7) is 3.13. The minimum atomic E-state index is -0.0438. The summed E-state index contributed by atoms with van der Waals surface area (Å²) in [5, 5.41) is 1.02. The lowest BCUT2D eigenvalue weighted by molar-refractivity contribution is -0.158. The van der Waals surface area contributed by atoms with Gasteiger partial charge in [0, 0.05) is 31.6 Å². The van der Waals surface area contributed by atoms with E-state index in [1.165, 1.54) is 19.3 Å². The third-order valence-electron chi connectivity index (χ3n) is 8.50. The van der Waals surface area contributed by atoms with Crippen molar-refractivity contribution in [1.29, 1.82) is 0 Å². The number of hydrogen-bond donors (Lipinski definition) is 0. The van der Waals surface area contributed by atoms with Crippen molar-refractivity contribution in [2.24, 2.45) is 23.2 Å². The molecule has 5 fully saturated rings. The molecular formula is C25H28N4O2. The van der Waals surface area contributed by atoms with Gasteiger partial charge in [0.2, 0.25) is 5.91 Å². The normalized spacial score (nSPS) is 32.3. The van der Waals surface area contributed by atoms with Crippen LogP contribution in [0.4, 0.5) is 5.82 Å². The summed E-state index contributed by atoms with van der Waals surface area (Å²) in [5.74, 6) is 3.71. The number of carbonyl (C=O) groups excluding carboxylic acids is 1. The fraction of sp³-hybridized carbons (Fsp3) is 0.560. The second-order valence-electron chi connectivity index (χ2n) is 10.5. The zero-order valence-corrected chi connectivity index (χ0v) is 17.8. The van der Waals surface area contributed by atoms with Crippen LogP contribution in [0.15, 0.2) is 35.0 Å². The first-order valence-electron chi connectivity index (χ1n) is 11.9. The quantitative estimate of drug-likeness (QED) is 0.625. The molecular weight excluding hydrogens is 388 g/mol. The van der Waals surface area contributed by atoms with E-state index in [0.29, 0.717) is 5.91 Å². The molecule has 5 aliphatic rings. The van der Waals surface area contributed by atoms with Gasteiger partial charge >= 0.3 is 0 Å². The second-order valence-corrected chi connectivity index (χ2v) is 10.5. The van der Waals surface area contributed by atoms with Crippen molar-refractivity contribution in [3.63, 3.8) is 0 Å². The van der Waals surface area contributed by atoms with Crippen molar-refractivity contribution in [1.82, 2.24) is 14.9 Å². The lowest BCUT2D eigenvalue weighted by Gasteiger charge is -2.57. The van der Waals surface area contributed by atoms with Crippen LogP contribution in [0.5, 0.6) is 0 Å². The highest BCUT2D eigenvalue weighted by molar-refractivity contribution is 6.05. The van der Waals surface area contributed by atoms with Gasteiger partial charge in [-0.1, -0.05) is 12.1 Å². The Labute approximate surface area is 181 Å². The van der Waals surface area contributed by atoms with Gasteiger partial charge in [-0.05, 0) is 68.4 Å². The van der Waals surface area contributed by atoms with Crippen molar-refractivity contribution in [2.45, 2.75) is 38.5 Å². The molecule has 0 unspecified atom stereocenters. The molecule has 8 rings (SSSR count). The summed E-state index contributed by atoms with van der Waals surface area (Å²) in [6.07, 6.45) is 9.19. The Bertz CT molecular complexity index is 1140. The van der Waals surface area contributed by atoms with E-state index in [1.807, 2.05) is 24.3 Å². The van der Waals surface area contributed by atoms with Gasteiger partial charge in [0.05, 0.1) is 5.41 Å². The maximum atomic E-state index is 13.7. The average Bonchev–Trinajstić information content (AvgIpc) is 3.17. The largest absolute Gasteiger partial charge is 0.450 e. The Morgan fingerprint density at radius 3 is 2.32 bits per heavy atom. The van der Waals surface area contributed by atoms with Crippen LogP contribution in [0, 0.1) is 23.2 Å². The summed E-state index contributed by atoms with van der Waals surface area (Å²) in [7, 11) is 0. The number of para-hydroxylation sites is 1. The number of rotatable bonds is 2. The highest BCUT2D eigenvalue weighted by Crippen LogP contribution is 2.60. The Morgan fingerprint density at radius 1 is 0.935 bits per heavy atom. The van der Waals surface area contributed by atoms with Gasteiger partial charge in [-0.15, -0.1) is 0 Å². The summed E-state index contributed by atoms with van der Waals surface area (Å²) in [6, 6.07) is 8.00. The molecule has 2 aromatic heterocycles. The minimum absolute atomic E-state index is 0.0438. The lowest BCUT2D eigenvalue weighted by atomic mass is 9.49. The Kier molecular flexibility index (Phi) is 3.74. The predicted octanol–water partition coefficient (Wildman–Crippen LogP) is 4.24. The number of piperazine rings is 1. The van der Waals surface area contributed by atoms with Gasteiger partial charge < -0.3 is 14.2 Å². The summed E-state index contributed by atoms with van der Waals surface area (Å²) in [5.41, 5.74) is 2.42. The number of hydrogen-bond acceptors (Lipinski definition) is 5. The smallest absolute Gasteiger partial charge is 0.228 e. The predicted molar refractivity (Wildman–Crippen MR) is 119 cm³/mol. The van der Waals surface area contributed by atoms with Gasteiger partial charge in [0.25, 0.3) is 0 Å². The van der Waals surface area contributed by atoms with Gasteiger partial charge in [-0.3, -0.25) is 4.79 Å². The molecule has 1 aliphatic heterocycles. The zero-order chi connectivity index (χ0) is 20.6. The van der Waals surface area contributed by atoms with E-state index in [2.05, 4.69) is 19.8 Å². The van der Waals surface area contributed by atoms with Crippen LogP contribution in [-0.2, 0) is 4.79 Å². The van der Waals surface area contributed by atoms with Crippen LogP contribution in [-0.4, -0.2) is 47.0 Å². The van der Waals surface area contributed by atoms with Crippen LogP contribution in [0.2, 0.25) is 0 Å². The first-order valence-corrected chi connectivity index (χ1v) is 11.9. The summed E-state index contributed by atoms with van der Waals surface area (Å²) in [4.78, 5) is 27.1. The molecule has 6 nitrogen and oxygen atoms in total. The molecule has 0 N–H and O–H groups in total. The SMILES string of the molecule is O=C(N1CCN(c2ncnc3c2oc2ccccc23)CC1)C12CC3CC(CC(C3)C1)C2. The van der Waals surface area contributed by atoms with E-state index in [4.69, 9.17) is 4.42 Å². The number of anilines is 1. The standard InChI is InChI=1S/C25H28N4O2/c30-24(25-12-16-9-17(13-25)11-18(10-16)14-25)29-7-5-28(6-8-29)23-22-21(26-15-27-23)19-3-1-2-4-20(19)31-22/h1-4,15-18H,5-14H2. The number of carbonyl (C=O) groups is 1. The van der Waals surface area contributed by atoms with E-state index in [-0.39, 0.29) is 5.41 Å². The van der Waals surface area contributed by atoms with Crippen LogP contribution >= 0.6 is 0 Å². The van der Waals surface area contributed by atoms with Crippen molar-refractivity contribution in [2.75, 3.05) is 31.1 Å². The molecule has 1 aromatic carbocycles. The van der Waals surface area contributed by atoms with Crippen LogP contribution in [0.1, 0.15) is 38.5 Å². The van der Waals surface area contributed by atoms with Crippen LogP contribution < -0.4 is 4.90 Å². The molecule has 4 bridgehead atoms. The summed E-state index contributed by atoms with van der Waals surface area (Å²) < 4.78 is 6.13. The highest BCUT2D eigenvalue weighted by Gasteiger charge is 2.55. The number of nitrogens with zero attached hydrogens (tertiary/aromatic N) is 4. The third-order valence-corrected chi connectivity index (χ3v) is 8.50. The molecule has 1 amide bonds. The fourth-order valence-electron chi connectivity index (χ4n) is 7.57. The Balaban J connectivity index is 1.12. The molecule has 0 atom stereocenters. The number of amides is 1. The molecule has 6 heteroatoms. The fourth-order valence-corrected chi connectivity index (χ4v) is 7.57. The molecule has 4 saturated carbocycles. The van der Waals surface area contributed by atoms with Crippen molar-refractivity contribution in [3.8, 4) is 0 Å². The maximum Gasteiger partial charge on any atom is 0.228 e. The molecule has 4 aliphatic carbocycles. The molecule has 31 heavy (non-hydrogen) atoms. The molecule has 160 valence electrons. The van der Waals surface area contributed by atoms with Gasteiger partial charge in [0.15, 0.2) is 11.4 Å². The molecule has 0 radical (unpaired) electrons. The first kappa shape index (κ1) is 18.0. The Morgan fingerprint density at radius 2 is 1.61 bits per heavy atom. The second kappa shape index (κ2) is 6.44. The minimum Gasteiger partial charge on any atom is -0.450 e. The number of furan rings is 1. The number of fused-ring (bicyclic) bond motifs is 3. The molecule has 3 heterocycles. The molecule has 0 spiro atoms. The van der Waals surface area contributed by atoms with Crippen LogP contribution in [0.3, 0.4) is 0 Å². The number of benzene rings is 1. The first-order chi connectivity index (χ1) is 15.2. The van der Waals surface area contributed by atoms with Crippen molar-refractivity contribution in [3.05, 3.63) is 30.6 Å². The zero-order valence-electron chi connectivity index (χ0n) is 17.8. The van der Waals surface area contributed by atoms with Crippen molar-refractivity contribution < 1.29 is 9.21 Å². The van der Waals surface area contributed by atoms with E-state index >= 15 is 0 Å². The van der Waals surface area contributed by atoms with Gasteiger partial charge in [0.1, 0.15) is 17.4 Å². The van der Waals surface area contributed by atoms with E-state index in [9.17, 15) is 4.79 Å². The monoisotopic (exact) mass is 416 g/mol. The van der Waals surface area contributed by atoms with E-state index in [0.717, 1.165) is 91.1 Å². The molecule has 3 aromatic rings. The molecule has 1 saturated heterocycles. The van der Waals surface area contributed by atoms with Gasteiger partial charge in [-0.25, -0.2) is 9.97 Å². The van der Waals surface area contributed by atoms with Crippen LogP contribution in [0.25, 0.3) is 22.1 Å². The van der Waals surface area contributed by atoms with Gasteiger partial charge in [-0.2, -0.15) is 0 Å². The lowest BCUT2D eigenvalue weighted by Crippen LogP contribution is -2.58. The third kappa shape index (κ3) is 2.66. The van der Waals surface area contributed by atoms with Crippen molar-refractivity contribution >= 4 is 33.8 Å². The maximum absolute atomic E-state index is 13.7. The Hall–Kier alpha value is -2.63. The summed E-state index contributed by atoms with van der Waals surface area (Å²) >= 11 is 0. The highest BCUT2D eigenvalue weighted by atomic mass is 16.3. The number of aromatic nitrogens is 2. The van der Waals surface area contributed by atoms with E-state index < -0.39 is 0 Å². The van der Waals surface area contributed by atoms with E-state index in [1.54, 1.807) is 6.33 Å². The average molecular weight is 417 g/mol. The topological polar surface area (TPSA) is 62.5 Å².